The van der Waals surface area contributed by atoms with E-state index < -0.39 is 0 Å². The van der Waals surface area contributed by atoms with Crippen molar-refractivity contribution in [2.45, 2.75) is 0 Å². The van der Waals surface area contributed by atoms with Gasteiger partial charge in [-0.25, -0.2) is 0 Å². The van der Waals surface area contributed by atoms with Gasteiger partial charge in [0.1, 0.15) is 0 Å². The summed E-state index contributed by atoms with van der Waals surface area (Å²) in [4.78, 5) is 0. The van der Waals surface area contributed by atoms with Gasteiger partial charge in [-0.1, -0.05) is 0 Å². The van der Waals surface area contributed by atoms with Gasteiger partial charge in [0.05, 0.1) is 0 Å². The normalized spacial score (nSPS) is 0. The van der Waals surface area contributed by atoms with Gasteiger partial charge in [-0.15, -0.1) is 24.0 Å². The van der Waals surface area contributed by atoms with E-state index in [1.807, 2.05) is 0 Å². The second-order valence-electron chi connectivity index (χ2n) is 0. The van der Waals surface area contributed by atoms with Crippen molar-refractivity contribution in [2.75, 3.05) is 0 Å². The summed E-state index contributed by atoms with van der Waals surface area (Å²) >= 11 is 0. The summed E-state index contributed by atoms with van der Waals surface area (Å²) in [6, 6.07) is 0. The number of halogens is 1. The summed E-state index contributed by atoms with van der Waals surface area (Å²) in [5.41, 5.74) is 0. The fraction of sp³-hybridized carbons (Fsp3) is 0. The molecule has 24 valence electrons. The van der Waals surface area contributed by atoms with Crippen LogP contribution in [-0.2, 0) is 0 Å². The summed E-state index contributed by atoms with van der Waals surface area (Å²) in [5.74, 6) is 0. The molecule has 4 heteroatoms. The van der Waals surface area contributed by atoms with Crippen molar-refractivity contribution in [3.8, 4) is 0 Å². The Hall–Kier alpha value is 1.92. The second-order valence-corrected chi connectivity index (χ2v) is 0. The minimum atomic E-state index is 0. The molecule has 0 heterocycles. The molecule has 0 aromatic rings. The van der Waals surface area contributed by atoms with Crippen LogP contribution in [0.2, 0.25) is 0 Å². The van der Waals surface area contributed by atoms with E-state index in [1.165, 1.54) is 0 Å². The van der Waals surface area contributed by atoms with Gasteiger partial charge in [-0.2, -0.15) is 0 Å². The molecule has 0 radical (unpaired) electrons. The Morgan fingerprint density at radius 1 is 1.00 bits per heavy atom. The van der Waals surface area contributed by atoms with Crippen molar-refractivity contribution in [1.82, 2.24) is 0 Å². The van der Waals surface area contributed by atoms with Gasteiger partial charge in [-0.05, 0) is 0 Å². The molecular formula is H7GaILiO. The summed E-state index contributed by atoms with van der Waals surface area (Å²) in [6.07, 6.45) is 0. The first-order valence-electron chi connectivity index (χ1n) is 0. The average molecular weight is 227 g/mol. The van der Waals surface area contributed by atoms with Gasteiger partial charge in [0.15, 0.2) is 0 Å². The van der Waals surface area contributed by atoms with Crippen LogP contribution in [0.25, 0.3) is 0 Å². The molecule has 0 saturated heterocycles. The Balaban J connectivity index is 0. The second kappa shape index (κ2) is 20.5. The quantitative estimate of drug-likeness (QED) is 0.337. The van der Waals surface area contributed by atoms with Gasteiger partial charge < -0.3 is 5.48 Å². The molecule has 0 unspecified atom stereocenters. The van der Waals surface area contributed by atoms with Crippen LogP contribution in [0.15, 0.2) is 0 Å². The molecule has 2 N–H and O–H groups in total. The van der Waals surface area contributed by atoms with E-state index >= 15 is 0 Å². The monoisotopic (exact) mass is 226 g/mol. The molecule has 0 aliphatic carbocycles. The van der Waals surface area contributed by atoms with Gasteiger partial charge in [0.25, 0.3) is 0 Å². The van der Waals surface area contributed by atoms with Gasteiger partial charge in [-0.3, -0.25) is 0 Å². The molecule has 0 spiro atoms. The molecule has 0 bridgehead atoms. The summed E-state index contributed by atoms with van der Waals surface area (Å²) in [7, 11) is 0. The average Bonchev–Trinajstić information content (AvgIpc) is 0. The number of hydrogen-bond donors (Lipinski definition) is 0. The molecule has 0 aliphatic heterocycles. The van der Waals surface area contributed by atoms with Crippen LogP contribution in [0.5, 0.6) is 0 Å². The summed E-state index contributed by atoms with van der Waals surface area (Å²) < 4.78 is 0. The predicted molar refractivity (Wildman–Crippen MR) is 36.1 cm³/mol. The van der Waals surface area contributed by atoms with E-state index in [9.17, 15) is 0 Å². The first-order chi connectivity index (χ1) is 0. The standard InChI is InChI=1S/Ga.HI.Li.H2O.4H/h;1H;;1H2;;;;. The van der Waals surface area contributed by atoms with Crippen molar-refractivity contribution in [1.29, 1.82) is 0 Å². The van der Waals surface area contributed by atoms with E-state index in [0.29, 0.717) is 0 Å². The van der Waals surface area contributed by atoms with Crippen molar-refractivity contribution < 1.29 is 5.48 Å². The third-order valence-corrected chi connectivity index (χ3v) is 0. The molecule has 0 aliphatic rings. The fourth-order valence-electron chi connectivity index (χ4n) is 0. The Labute approximate surface area is 67.5 Å². The molecule has 0 aromatic carbocycles. The van der Waals surface area contributed by atoms with Crippen molar-refractivity contribution >= 4 is 62.6 Å². The van der Waals surface area contributed by atoms with E-state index in [1.54, 1.807) is 0 Å². The maximum atomic E-state index is 0. The molecular weight excluding hydrogens is 220 g/mol. The van der Waals surface area contributed by atoms with Crippen molar-refractivity contribution in [3.63, 3.8) is 0 Å². The molecule has 0 aromatic heterocycles. The Morgan fingerprint density at radius 2 is 1.00 bits per heavy atom. The van der Waals surface area contributed by atoms with E-state index in [-0.39, 0.29) is 68.1 Å². The third-order valence-electron chi connectivity index (χ3n) is 0. The molecule has 0 fully saturated rings. The summed E-state index contributed by atoms with van der Waals surface area (Å²) in [6.45, 7) is 0. The maximum absolute atomic E-state index is 0. The van der Waals surface area contributed by atoms with E-state index in [2.05, 4.69) is 0 Å². The third kappa shape index (κ3) is 9.06. The molecule has 0 atom stereocenters. The van der Waals surface area contributed by atoms with Crippen LogP contribution in [0.3, 0.4) is 0 Å². The molecule has 1 nitrogen and oxygen atoms in total. The van der Waals surface area contributed by atoms with E-state index in [4.69, 9.17) is 0 Å². The molecule has 0 rings (SSSR count). The zero-order valence-electron chi connectivity index (χ0n) is 0.908. The molecule has 0 amide bonds. The predicted octanol–water partition coefficient (Wildman–Crippen LogP) is -2.04. The van der Waals surface area contributed by atoms with Crippen LogP contribution in [0.4, 0.5) is 0 Å². The topological polar surface area (TPSA) is 31.5 Å². The Kier molecular flexibility index (Phi) is 199. The Bertz CT molecular complexity index is 8.00. The van der Waals surface area contributed by atoms with Crippen molar-refractivity contribution in [3.05, 3.63) is 0 Å². The number of rotatable bonds is 0. The van der Waals surface area contributed by atoms with Crippen LogP contribution in [0, 0.1) is 0 Å². The van der Waals surface area contributed by atoms with Crippen LogP contribution >= 0.6 is 24.0 Å². The SMILES string of the molecule is I.O.[GaH3].[LiH]. The van der Waals surface area contributed by atoms with Gasteiger partial charge in [0.2, 0.25) is 0 Å². The minimum absolute atomic E-state index is 0. The zero-order chi connectivity index (χ0) is 0. The van der Waals surface area contributed by atoms with Crippen LogP contribution < -0.4 is 0 Å². The van der Waals surface area contributed by atoms with Crippen molar-refractivity contribution in [2.24, 2.45) is 0 Å². The molecule has 4 heavy (non-hydrogen) atoms. The van der Waals surface area contributed by atoms with Crippen LogP contribution in [-0.4, -0.2) is 44.1 Å². The Morgan fingerprint density at radius 3 is 1.00 bits per heavy atom. The van der Waals surface area contributed by atoms with Gasteiger partial charge >= 0.3 is 38.7 Å². The summed E-state index contributed by atoms with van der Waals surface area (Å²) in [5, 5.41) is 0. The van der Waals surface area contributed by atoms with Gasteiger partial charge in [0, 0.05) is 0 Å². The first-order valence-corrected chi connectivity index (χ1v) is 0. The zero-order valence-corrected chi connectivity index (χ0v) is 3.24. The van der Waals surface area contributed by atoms with Crippen LogP contribution in [0.1, 0.15) is 0 Å². The molecule has 0 saturated carbocycles. The first kappa shape index (κ1) is 38.8. The van der Waals surface area contributed by atoms with E-state index in [0.717, 1.165) is 0 Å². The fourth-order valence-corrected chi connectivity index (χ4v) is 0. The number of hydrogen-bond acceptors (Lipinski definition) is 0.